The molecule has 1 rings (SSSR count). The van der Waals surface area contributed by atoms with Crippen LogP contribution in [0.2, 0.25) is 0 Å². The molecular formula is C11H13NS. The van der Waals surface area contributed by atoms with Crippen LogP contribution in [0.4, 0.5) is 0 Å². The zero-order valence-electron chi connectivity index (χ0n) is 7.44. The van der Waals surface area contributed by atoms with Crippen molar-refractivity contribution in [3.8, 4) is 12.3 Å². The molecule has 2 N–H and O–H groups in total. The lowest BCUT2D eigenvalue weighted by atomic mass is 10.3. The predicted octanol–water partition coefficient (Wildman–Crippen LogP) is 2.13. The molecule has 1 unspecified atom stereocenters. The van der Waals surface area contributed by atoms with Gasteiger partial charge in [0.1, 0.15) is 0 Å². The molecule has 1 atom stereocenters. The van der Waals surface area contributed by atoms with Crippen molar-refractivity contribution in [1.82, 2.24) is 0 Å². The Hall–Kier alpha value is -0.910. The summed E-state index contributed by atoms with van der Waals surface area (Å²) in [7, 11) is 0. The molecule has 68 valence electrons. The van der Waals surface area contributed by atoms with E-state index >= 15 is 0 Å². The first kappa shape index (κ1) is 10.2. The Bertz CT molecular complexity index is 276. The third-order valence-electron chi connectivity index (χ3n) is 1.59. The van der Waals surface area contributed by atoms with Gasteiger partial charge in [-0.2, -0.15) is 0 Å². The van der Waals surface area contributed by atoms with Crippen LogP contribution in [0.25, 0.3) is 0 Å². The summed E-state index contributed by atoms with van der Waals surface area (Å²) < 4.78 is 0. The molecule has 1 aromatic carbocycles. The van der Waals surface area contributed by atoms with Gasteiger partial charge in [-0.25, -0.2) is 0 Å². The molecule has 0 amide bonds. The second-order valence-corrected chi connectivity index (χ2v) is 3.89. The molecule has 0 radical (unpaired) electrons. The van der Waals surface area contributed by atoms with Gasteiger partial charge in [-0.05, 0) is 12.1 Å². The van der Waals surface area contributed by atoms with E-state index in [4.69, 9.17) is 12.2 Å². The molecule has 0 aliphatic carbocycles. The van der Waals surface area contributed by atoms with Gasteiger partial charge in [0.05, 0.1) is 0 Å². The lowest BCUT2D eigenvalue weighted by molar-refractivity contribution is 0.783. The molecule has 0 spiro atoms. The van der Waals surface area contributed by atoms with Gasteiger partial charge in [-0.3, -0.25) is 0 Å². The van der Waals surface area contributed by atoms with Crippen molar-refractivity contribution in [2.45, 2.75) is 17.4 Å². The molecule has 2 heteroatoms. The van der Waals surface area contributed by atoms with Crippen molar-refractivity contribution in [1.29, 1.82) is 0 Å². The fourth-order valence-corrected chi connectivity index (χ4v) is 1.80. The first-order chi connectivity index (χ1) is 6.33. The normalized spacial score (nSPS) is 12.0. The van der Waals surface area contributed by atoms with E-state index < -0.39 is 0 Å². The van der Waals surface area contributed by atoms with Crippen LogP contribution in [0.3, 0.4) is 0 Å². The number of thioether (sulfide) groups is 1. The van der Waals surface area contributed by atoms with Gasteiger partial charge in [-0.1, -0.05) is 18.2 Å². The molecule has 13 heavy (non-hydrogen) atoms. The molecule has 1 aromatic rings. The summed E-state index contributed by atoms with van der Waals surface area (Å²) in [4.78, 5) is 1.25. The van der Waals surface area contributed by atoms with E-state index in [0.717, 1.165) is 5.75 Å². The number of benzene rings is 1. The third kappa shape index (κ3) is 4.02. The van der Waals surface area contributed by atoms with E-state index in [1.807, 2.05) is 18.2 Å². The standard InChI is InChI=1S/C11H13NS/c1-2-6-10(12)9-13-11-7-4-3-5-8-11/h1,3-5,7-8,10H,6,9,12H2. The van der Waals surface area contributed by atoms with Gasteiger partial charge in [0.2, 0.25) is 0 Å². The van der Waals surface area contributed by atoms with E-state index in [2.05, 4.69) is 18.1 Å². The molecular weight excluding hydrogens is 178 g/mol. The van der Waals surface area contributed by atoms with Gasteiger partial charge in [0, 0.05) is 23.1 Å². The average Bonchev–Trinajstić information content (AvgIpc) is 2.17. The molecule has 0 saturated carbocycles. The molecule has 0 saturated heterocycles. The Kier molecular flexibility index (Phi) is 4.45. The monoisotopic (exact) mass is 191 g/mol. The molecule has 0 aliphatic rings. The van der Waals surface area contributed by atoms with E-state index in [9.17, 15) is 0 Å². The van der Waals surface area contributed by atoms with Gasteiger partial charge >= 0.3 is 0 Å². The van der Waals surface area contributed by atoms with E-state index in [1.54, 1.807) is 11.8 Å². The maximum Gasteiger partial charge on any atom is 0.0246 e. The Morgan fingerprint density at radius 3 is 2.69 bits per heavy atom. The summed E-state index contributed by atoms with van der Waals surface area (Å²) in [5, 5.41) is 0. The largest absolute Gasteiger partial charge is 0.326 e. The Labute approximate surface area is 83.7 Å². The highest BCUT2D eigenvalue weighted by Gasteiger charge is 2.00. The van der Waals surface area contributed by atoms with Gasteiger partial charge in [0.15, 0.2) is 0 Å². The summed E-state index contributed by atoms with van der Waals surface area (Å²) >= 11 is 1.75. The summed E-state index contributed by atoms with van der Waals surface area (Å²) in [5.74, 6) is 3.45. The van der Waals surface area contributed by atoms with Crippen molar-refractivity contribution in [3.05, 3.63) is 30.3 Å². The summed E-state index contributed by atoms with van der Waals surface area (Å²) in [6.45, 7) is 0. The molecule has 0 aliphatic heterocycles. The van der Waals surface area contributed by atoms with Crippen LogP contribution in [0, 0.1) is 12.3 Å². The highest BCUT2D eigenvalue weighted by Crippen LogP contribution is 2.17. The SMILES string of the molecule is C#CCC(N)CSc1ccccc1. The minimum absolute atomic E-state index is 0.107. The Morgan fingerprint density at radius 2 is 2.08 bits per heavy atom. The fraction of sp³-hybridized carbons (Fsp3) is 0.273. The highest BCUT2D eigenvalue weighted by molar-refractivity contribution is 7.99. The van der Waals surface area contributed by atoms with Crippen LogP contribution in [0.5, 0.6) is 0 Å². The van der Waals surface area contributed by atoms with Crippen LogP contribution >= 0.6 is 11.8 Å². The number of terminal acetylenes is 1. The number of hydrogen-bond donors (Lipinski definition) is 1. The number of nitrogens with two attached hydrogens (primary N) is 1. The molecule has 0 bridgehead atoms. The quantitative estimate of drug-likeness (QED) is 0.583. The van der Waals surface area contributed by atoms with Crippen molar-refractivity contribution in [3.63, 3.8) is 0 Å². The van der Waals surface area contributed by atoms with Crippen LogP contribution in [0.15, 0.2) is 35.2 Å². The lowest BCUT2D eigenvalue weighted by Gasteiger charge is -2.06. The minimum Gasteiger partial charge on any atom is -0.326 e. The highest BCUT2D eigenvalue weighted by atomic mass is 32.2. The summed E-state index contributed by atoms with van der Waals surface area (Å²) in [5.41, 5.74) is 5.77. The maximum absolute atomic E-state index is 5.77. The van der Waals surface area contributed by atoms with Gasteiger partial charge in [0.25, 0.3) is 0 Å². The van der Waals surface area contributed by atoms with Crippen molar-refractivity contribution in [2.24, 2.45) is 5.73 Å². The number of hydrogen-bond acceptors (Lipinski definition) is 2. The van der Waals surface area contributed by atoms with Gasteiger partial charge in [-0.15, -0.1) is 24.1 Å². The van der Waals surface area contributed by atoms with E-state index in [1.165, 1.54) is 4.90 Å². The molecule has 0 aromatic heterocycles. The zero-order chi connectivity index (χ0) is 9.52. The fourth-order valence-electron chi connectivity index (χ4n) is 0.930. The predicted molar refractivity (Wildman–Crippen MR) is 58.6 cm³/mol. The van der Waals surface area contributed by atoms with Crippen LogP contribution in [-0.2, 0) is 0 Å². The number of rotatable bonds is 4. The average molecular weight is 191 g/mol. The van der Waals surface area contributed by atoms with Crippen molar-refractivity contribution < 1.29 is 0 Å². The second-order valence-electron chi connectivity index (χ2n) is 2.79. The molecule has 1 nitrogen and oxygen atoms in total. The molecule has 0 fully saturated rings. The minimum atomic E-state index is 0.107. The third-order valence-corrected chi connectivity index (χ3v) is 2.79. The van der Waals surface area contributed by atoms with Crippen LogP contribution in [-0.4, -0.2) is 11.8 Å². The summed E-state index contributed by atoms with van der Waals surface area (Å²) in [6.07, 6.45) is 5.81. The Balaban J connectivity index is 2.32. The summed E-state index contributed by atoms with van der Waals surface area (Å²) in [6, 6.07) is 10.3. The zero-order valence-corrected chi connectivity index (χ0v) is 8.26. The van der Waals surface area contributed by atoms with Gasteiger partial charge < -0.3 is 5.73 Å². The maximum atomic E-state index is 5.77. The van der Waals surface area contributed by atoms with Crippen molar-refractivity contribution >= 4 is 11.8 Å². The van der Waals surface area contributed by atoms with Crippen LogP contribution in [0.1, 0.15) is 6.42 Å². The smallest absolute Gasteiger partial charge is 0.0246 e. The van der Waals surface area contributed by atoms with Crippen molar-refractivity contribution in [2.75, 3.05) is 5.75 Å². The van der Waals surface area contributed by atoms with Crippen LogP contribution < -0.4 is 5.73 Å². The molecule has 0 heterocycles. The topological polar surface area (TPSA) is 26.0 Å². The van der Waals surface area contributed by atoms with E-state index in [0.29, 0.717) is 6.42 Å². The first-order valence-electron chi connectivity index (χ1n) is 4.20. The first-order valence-corrected chi connectivity index (χ1v) is 5.18. The Morgan fingerprint density at radius 1 is 1.38 bits per heavy atom. The lowest BCUT2D eigenvalue weighted by Crippen LogP contribution is -2.21. The second kappa shape index (κ2) is 5.69. The van der Waals surface area contributed by atoms with E-state index in [-0.39, 0.29) is 6.04 Å².